The number of nitrogens with zero attached hydrogens (tertiary/aromatic N) is 1. The Labute approximate surface area is 106 Å². The molecule has 0 spiro atoms. The Kier molecular flexibility index (Phi) is 4.92. The van der Waals surface area contributed by atoms with Crippen LogP contribution in [-0.4, -0.2) is 55.6 Å². The van der Waals surface area contributed by atoms with Gasteiger partial charge in [0.15, 0.2) is 0 Å². The van der Waals surface area contributed by atoms with Crippen LogP contribution in [0, 0.1) is 5.82 Å². The van der Waals surface area contributed by atoms with E-state index in [1.54, 1.807) is 12.1 Å². The lowest BCUT2D eigenvalue weighted by Gasteiger charge is -2.28. The lowest BCUT2D eigenvalue weighted by Crippen LogP contribution is -2.42. The van der Waals surface area contributed by atoms with E-state index in [1.165, 1.54) is 12.1 Å². The molecule has 0 bridgehead atoms. The van der Waals surface area contributed by atoms with Gasteiger partial charge < -0.3 is 14.6 Å². The summed E-state index contributed by atoms with van der Waals surface area (Å²) in [4.78, 5) is 2.14. The van der Waals surface area contributed by atoms with E-state index in [9.17, 15) is 9.50 Å². The minimum Gasteiger partial charge on any atom is -0.491 e. The molecule has 1 saturated heterocycles. The SMILES string of the molecule is O[C@H](COc1ccc(F)cc1)CN1CCOCC1. The molecule has 1 atom stereocenters. The van der Waals surface area contributed by atoms with Crippen LogP contribution in [-0.2, 0) is 4.74 Å². The Bertz CT molecular complexity index is 352. The van der Waals surface area contributed by atoms with Crippen LogP contribution in [0.2, 0.25) is 0 Å². The Morgan fingerprint density at radius 1 is 1.28 bits per heavy atom. The molecule has 5 heteroatoms. The van der Waals surface area contributed by atoms with Crippen molar-refractivity contribution in [2.24, 2.45) is 0 Å². The lowest BCUT2D eigenvalue weighted by atomic mass is 10.3. The molecule has 2 rings (SSSR count). The van der Waals surface area contributed by atoms with Crippen LogP contribution in [0.25, 0.3) is 0 Å². The average molecular weight is 255 g/mol. The zero-order valence-electron chi connectivity index (χ0n) is 10.2. The second kappa shape index (κ2) is 6.68. The van der Waals surface area contributed by atoms with Crippen molar-refractivity contribution in [1.82, 2.24) is 4.90 Å². The minimum atomic E-state index is -0.548. The highest BCUT2D eigenvalue weighted by molar-refractivity contribution is 5.22. The van der Waals surface area contributed by atoms with Gasteiger partial charge in [-0.05, 0) is 24.3 Å². The molecular weight excluding hydrogens is 237 g/mol. The second-order valence-electron chi connectivity index (χ2n) is 4.33. The van der Waals surface area contributed by atoms with Gasteiger partial charge in [-0.2, -0.15) is 0 Å². The third-order valence-corrected chi connectivity index (χ3v) is 2.83. The summed E-state index contributed by atoms with van der Waals surface area (Å²) >= 11 is 0. The standard InChI is InChI=1S/C13H18FNO3/c14-11-1-3-13(4-2-11)18-10-12(16)9-15-5-7-17-8-6-15/h1-4,12,16H,5-10H2/t12-/m0/s1. The minimum absolute atomic E-state index is 0.211. The molecule has 1 N–H and O–H groups in total. The third kappa shape index (κ3) is 4.25. The molecule has 100 valence electrons. The number of benzene rings is 1. The predicted molar refractivity (Wildman–Crippen MR) is 65.2 cm³/mol. The highest BCUT2D eigenvalue weighted by Gasteiger charge is 2.15. The highest BCUT2D eigenvalue weighted by atomic mass is 19.1. The van der Waals surface area contributed by atoms with E-state index in [1.807, 2.05) is 0 Å². The van der Waals surface area contributed by atoms with Gasteiger partial charge in [-0.1, -0.05) is 0 Å². The molecule has 0 saturated carbocycles. The van der Waals surface area contributed by atoms with Crippen molar-refractivity contribution in [2.45, 2.75) is 6.10 Å². The fraction of sp³-hybridized carbons (Fsp3) is 0.538. The molecule has 1 aromatic rings. The van der Waals surface area contributed by atoms with Gasteiger partial charge in [-0.25, -0.2) is 4.39 Å². The fourth-order valence-electron chi connectivity index (χ4n) is 1.86. The van der Waals surface area contributed by atoms with Crippen molar-refractivity contribution in [1.29, 1.82) is 0 Å². The molecule has 1 aliphatic heterocycles. The number of hydrogen-bond donors (Lipinski definition) is 1. The van der Waals surface area contributed by atoms with Crippen LogP contribution >= 0.6 is 0 Å². The molecule has 18 heavy (non-hydrogen) atoms. The van der Waals surface area contributed by atoms with Crippen LogP contribution in [0.5, 0.6) is 5.75 Å². The summed E-state index contributed by atoms with van der Waals surface area (Å²) in [6.07, 6.45) is -0.548. The van der Waals surface area contributed by atoms with E-state index >= 15 is 0 Å². The molecule has 0 amide bonds. The van der Waals surface area contributed by atoms with Crippen LogP contribution in [0.1, 0.15) is 0 Å². The van der Waals surface area contributed by atoms with Crippen LogP contribution in [0.15, 0.2) is 24.3 Å². The molecule has 1 fully saturated rings. The highest BCUT2D eigenvalue weighted by Crippen LogP contribution is 2.11. The summed E-state index contributed by atoms with van der Waals surface area (Å²) in [5.74, 6) is 0.272. The first-order valence-electron chi connectivity index (χ1n) is 6.10. The first-order chi connectivity index (χ1) is 8.74. The van der Waals surface area contributed by atoms with Gasteiger partial charge in [0.2, 0.25) is 0 Å². The molecule has 1 heterocycles. The smallest absolute Gasteiger partial charge is 0.123 e. The zero-order valence-corrected chi connectivity index (χ0v) is 10.2. The Hall–Kier alpha value is -1.17. The van der Waals surface area contributed by atoms with Crippen LogP contribution < -0.4 is 4.74 Å². The van der Waals surface area contributed by atoms with Crippen molar-refractivity contribution in [3.05, 3.63) is 30.1 Å². The van der Waals surface area contributed by atoms with E-state index in [-0.39, 0.29) is 12.4 Å². The quantitative estimate of drug-likeness (QED) is 0.848. The average Bonchev–Trinajstić information content (AvgIpc) is 2.39. The number of aliphatic hydroxyl groups is 1. The van der Waals surface area contributed by atoms with Crippen molar-refractivity contribution >= 4 is 0 Å². The number of aliphatic hydroxyl groups excluding tert-OH is 1. The number of hydrogen-bond acceptors (Lipinski definition) is 4. The summed E-state index contributed by atoms with van der Waals surface area (Å²) in [7, 11) is 0. The maximum atomic E-state index is 12.7. The number of β-amino-alcohol motifs (C(OH)–C–C–N with tert-alkyl or cyclic N) is 1. The summed E-state index contributed by atoms with van der Waals surface area (Å²) in [6.45, 7) is 3.89. The van der Waals surface area contributed by atoms with Gasteiger partial charge in [-0.3, -0.25) is 4.90 Å². The number of halogens is 1. The van der Waals surface area contributed by atoms with Crippen molar-refractivity contribution in [3.8, 4) is 5.75 Å². The molecule has 0 aromatic heterocycles. The Morgan fingerprint density at radius 3 is 2.61 bits per heavy atom. The number of ether oxygens (including phenoxy) is 2. The molecular formula is C13H18FNO3. The van der Waals surface area contributed by atoms with Gasteiger partial charge in [-0.15, -0.1) is 0 Å². The first-order valence-corrected chi connectivity index (χ1v) is 6.10. The normalized spacial score (nSPS) is 18.6. The summed E-state index contributed by atoms with van der Waals surface area (Å²) < 4.78 is 23.3. The molecule has 0 radical (unpaired) electrons. The van der Waals surface area contributed by atoms with Crippen LogP contribution in [0.3, 0.4) is 0 Å². The maximum absolute atomic E-state index is 12.7. The number of morpholine rings is 1. The van der Waals surface area contributed by atoms with E-state index in [0.29, 0.717) is 25.5 Å². The predicted octanol–water partition coefficient (Wildman–Crippen LogP) is 0.898. The second-order valence-corrected chi connectivity index (χ2v) is 4.33. The maximum Gasteiger partial charge on any atom is 0.123 e. The van der Waals surface area contributed by atoms with E-state index < -0.39 is 6.10 Å². The monoisotopic (exact) mass is 255 g/mol. The fourth-order valence-corrected chi connectivity index (χ4v) is 1.86. The topological polar surface area (TPSA) is 41.9 Å². The molecule has 0 unspecified atom stereocenters. The van der Waals surface area contributed by atoms with Gasteiger partial charge in [0, 0.05) is 19.6 Å². The Morgan fingerprint density at radius 2 is 1.94 bits per heavy atom. The first kappa shape index (κ1) is 13.3. The van der Waals surface area contributed by atoms with Crippen molar-refractivity contribution < 1.29 is 19.0 Å². The molecule has 1 aromatic carbocycles. The molecule has 0 aliphatic carbocycles. The Balaban J connectivity index is 1.70. The van der Waals surface area contributed by atoms with E-state index in [4.69, 9.17) is 9.47 Å². The van der Waals surface area contributed by atoms with Crippen molar-refractivity contribution in [2.75, 3.05) is 39.5 Å². The molecule has 4 nitrogen and oxygen atoms in total. The largest absolute Gasteiger partial charge is 0.491 e. The summed E-state index contributed by atoms with van der Waals surface area (Å²) in [5.41, 5.74) is 0. The lowest BCUT2D eigenvalue weighted by molar-refractivity contribution is 0.00465. The summed E-state index contributed by atoms with van der Waals surface area (Å²) in [6, 6.07) is 5.78. The summed E-state index contributed by atoms with van der Waals surface area (Å²) in [5, 5.41) is 9.84. The third-order valence-electron chi connectivity index (χ3n) is 2.83. The van der Waals surface area contributed by atoms with Gasteiger partial charge in [0.05, 0.1) is 13.2 Å². The van der Waals surface area contributed by atoms with Crippen LogP contribution in [0.4, 0.5) is 4.39 Å². The number of rotatable bonds is 5. The molecule has 1 aliphatic rings. The van der Waals surface area contributed by atoms with E-state index in [2.05, 4.69) is 4.90 Å². The van der Waals surface area contributed by atoms with E-state index in [0.717, 1.165) is 13.1 Å². The van der Waals surface area contributed by atoms with Gasteiger partial charge in [0.25, 0.3) is 0 Å². The van der Waals surface area contributed by atoms with Gasteiger partial charge in [0.1, 0.15) is 24.3 Å². The van der Waals surface area contributed by atoms with Crippen molar-refractivity contribution in [3.63, 3.8) is 0 Å². The zero-order chi connectivity index (χ0) is 12.8. The van der Waals surface area contributed by atoms with Gasteiger partial charge >= 0.3 is 0 Å².